The van der Waals surface area contributed by atoms with Gasteiger partial charge in [0.25, 0.3) is 0 Å². The Morgan fingerprint density at radius 1 is 1.06 bits per heavy atom. The van der Waals surface area contributed by atoms with Crippen LogP contribution in [0, 0.1) is 11.6 Å². The van der Waals surface area contributed by atoms with Crippen molar-refractivity contribution in [3.63, 3.8) is 0 Å². The number of aromatic nitrogens is 5. The van der Waals surface area contributed by atoms with Gasteiger partial charge in [0, 0.05) is 29.7 Å². The highest BCUT2D eigenvalue weighted by molar-refractivity contribution is 7.18. The molecular formula is C20H12F5N5S. The standard InChI is InChI=1S/C20H12F5N5S/c1-29-19-12(17(28-29)20(23,24)25)7-10(31-19)8-30-6-5-14-15(9-30)27-18(26-14)11-3-2-4-13(21)16(11)22/h2-7,9H,8H2,1H3. The number of pyridine rings is 1. The van der Waals surface area contributed by atoms with Crippen molar-refractivity contribution in [1.29, 1.82) is 0 Å². The molecule has 2 aromatic heterocycles. The molecule has 0 spiro atoms. The molecular weight excluding hydrogens is 437 g/mol. The van der Waals surface area contributed by atoms with E-state index in [0.717, 1.165) is 6.07 Å². The van der Waals surface area contributed by atoms with Crippen LogP contribution in [0.2, 0.25) is 0 Å². The first-order valence-electron chi connectivity index (χ1n) is 9.01. The summed E-state index contributed by atoms with van der Waals surface area (Å²) in [6, 6.07) is 6.93. The van der Waals surface area contributed by atoms with E-state index >= 15 is 0 Å². The van der Waals surface area contributed by atoms with E-state index in [-0.39, 0.29) is 16.8 Å². The Balaban J connectivity index is 1.49. The summed E-state index contributed by atoms with van der Waals surface area (Å²) < 4.78 is 70.1. The average Bonchev–Trinajstić information content (AvgIpc) is 3.38. The van der Waals surface area contributed by atoms with Gasteiger partial charge in [-0.15, -0.1) is 11.3 Å². The van der Waals surface area contributed by atoms with E-state index in [1.807, 2.05) is 0 Å². The number of aryl methyl sites for hydroxylation is 1. The lowest BCUT2D eigenvalue weighted by Gasteiger charge is -2.06. The number of imidazole rings is 1. The van der Waals surface area contributed by atoms with Gasteiger partial charge in [0.1, 0.15) is 10.5 Å². The monoisotopic (exact) mass is 449 g/mol. The molecule has 0 aliphatic carbocycles. The van der Waals surface area contributed by atoms with Gasteiger partial charge in [-0.05, 0) is 24.3 Å². The van der Waals surface area contributed by atoms with Gasteiger partial charge in [0.15, 0.2) is 23.2 Å². The molecule has 0 saturated heterocycles. The third-order valence-corrected chi connectivity index (χ3v) is 5.98. The Kier molecular flexibility index (Phi) is 4.33. The number of fused-ring (bicyclic) bond motifs is 2. The van der Waals surface area contributed by atoms with Gasteiger partial charge in [-0.1, -0.05) is 6.07 Å². The van der Waals surface area contributed by atoms with Crippen molar-refractivity contribution in [1.82, 2.24) is 24.3 Å². The summed E-state index contributed by atoms with van der Waals surface area (Å²) in [6.45, 7) is 0.309. The Morgan fingerprint density at radius 3 is 2.61 bits per heavy atom. The molecule has 4 heterocycles. The second kappa shape index (κ2) is 6.84. The summed E-state index contributed by atoms with van der Waals surface area (Å²) in [5.41, 5.74) is 0.00535. The summed E-state index contributed by atoms with van der Waals surface area (Å²) in [5, 5.41) is 3.64. The molecule has 2 aliphatic rings. The number of nitrogens with zero attached hydrogens (tertiary/aromatic N) is 5. The Morgan fingerprint density at radius 2 is 1.84 bits per heavy atom. The van der Waals surface area contributed by atoms with Crippen molar-refractivity contribution < 1.29 is 22.0 Å². The lowest BCUT2D eigenvalue weighted by Crippen LogP contribution is -2.07. The van der Waals surface area contributed by atoms with Gasteiger partial charge in [0.2, 0.25) is 0 Å². The highest BCUT2D eigenvalue weighted by Crippen LogP contribution is 2.37. The maximum Gasteiger partial charge on any atom is 0.435 e. The average molecular weight is 449 g/mol. The topological polar surface area (TPSA) is 48.5 Å². The lowest BCUT2D eigenvalue weighted by molar-refractivity contribution is -0.140. The van der Waals surface area contributed by atoms with Crippen molar-refractivity contribution in [3.8, 4) is 22.8 Å². The molecule has 158 valence electrons. The summed E-state index contributed by atoms with van der Waals surface area (Å²) in [4.78, 5) is 9.66. The van der Waals surface area contributed by atoms with Crippen molar-refractivity contribution in [2.24, 2.45) is 7.05 Å². The van der Waals surface area contributed by atoms with Crippen LogP contribution >= 0.6 is 11.3 Å². The Bertz CT molecular complexity index is 1400. The largest absolute Gasteiger partial charge is 0.435 e. The minimum Gasteiger partial charge on any atom is -0.347 e. The molecule has 11 heteroatoms. The van der Waals surface area contributed by atoms with E-state index in [9.17, 15) is 22.0 Å². The van der Waals surface area contributed by atoms with Crippen LogP contribution in [0.15, 0.2) is 42.7 Å². The molecule has 0 N–H and O–H groups in total. The molecule has 0 amide bonds. The van der Waals surface area contributed by atoms with Crippen LogP contribution in [0.3, 0.4) is 0 Å². The molecule has 0 atom stereocenters. The number of rotatable bonds is 3. The zero-order valence-electron chi connectivity index (χ0n) is 15.8. The summed E-state index contributed by atoms with van der Waals surface area (Å²) in [7, 11) is 1.48. The molecule has 1 aromatic carbocycles. The molecule has 0 saturated carbocycles. The molecule has 5 rings (SSSR count). The number of alkyl halides is 3. The van der Waals surface area contributed by atoms with Crippen molar-refractivity contribution in [2.75, 3.05) is 0 Å². The molecule has 0 unspecified atom stereocenters. The highest BCUT2D eigenvalue weighted by atomic mass is 32.1. The van der Waals surface area contributed by atoms with Gasteiger partial charge >= 0.3 is 6.18 Å². The molecule has 3 aromatic rings. The van der Waals surface area contributed by atoms with Gasteiger partial charge in [0.05, 0.1) is 17.8 Å². The highest BCUT2D eigenvalue weighted by Gasteiger charge is 2.37. The summed E-state index contributed by atoms with van der Waals surface area (Å²) in [6.07, 6.45) is -1.16. The molecule has 0 fully saturated rings. The third-order valence-electron chi connectivity index (χ3n) is 4.79. The Hall–Kier alpha value is -3.34. The fourth-order valence-corrected chi connectivity index (χ4v) is 4.48. The lowest BCUT2D eigenvalue weighted by atomic mass is 10.2. The number of benzene rings is 1. The minimum absolute atomic E-state index is 0.0422. The van der Waals surface area contributed by atoms with Crippen LogP contribution in [0.4, 0.5) is 22.0 Å². The SMILES string of the molecule is Cn1nc(C(F)(F)F)c2cc(Cn3ccc4nc(-c5cccc(F)c5F)nc-4c3)sc21. The number of thiophene rings is 1. The first kappa shape index (κ1) is 19.6. The molecule has 0 bridgehead atoms. The van der Waals surface area contributed by atoms with Crippen molar-refractivity contribution in [2.45, 2.75) is 12.7 Å². The van der Waals surface area contributed by atoms with E-state index in [2.05, 4.69) is 15.1 Å². The van der Waals surface area contributed by atoms with E-state index in [1.165, 1.54) is 41.3 Å². The first-order valence-corrected chi connectivity index (χ1v) is 9.83. The van der Waals surface area contributed by atoms with Crippen LogP contribution in [-0.2, 0) is 19.8 Å². The van der Waals surface area contributed by atoms with Crippen LogP contribution in [0.25, 0.3) is 33.0 Å². The smallest absolute Gasteiger partial charge is 0.347 e. The second-order valence-electron chi connectivity index (χ2n) is 6.94. The van der Waals surface area contributed by atoms with Crippen LogP contribution in [-0.4, -0.2) is 24.3 Å². The van der Waals surface area contributed by atoms with E-state index in [4.69, 9.17) is 0 Å². The third kappa shape index (κ3) is 3.34. The van der Waals surface area contributed by atoms with E-state index in [0.29, 0.717) is 27.6 Å². The first-order chi connectivity index (χ1) is 14.7. The summed E-state index contributed by atoms with van der Waals surface area (Å²) in [5.74, 6) is -1.95. The maximum atomic E-state index is 14.1. The van der Waals surface area contributed by atoms with Gasteiger partial charge in [-0.25, -0.2) is 18.7 Å². The second-order valence-corrected chi connectivity index (χ2v) is 8.05. The number of hydrogen-bond acceptors (Lipinski definition) is 4. The molecule has 2 aliphatic heterocycles. The normalized spacial score (nSPS) is 12.3. The van der Waals surface area contributed by atoms with Crippen LogP contribution in [0.5, 0.6) is 0 Å². The zero-order valence-corrected chi connectivity index (χ0v) is 16.6. The molecule has 0 radical (unpaired) electrons. The fourth-order valence-electron chi connectivity index (χ4n) is 3.41. The molecule has 31 heavy (non-hydrogen) atoms. The van der Waals surface area contributed by atoms with Crippen LogP contribution < -0.4 is 0 Å². The Labute approximate surface area is 175 Å². The number of halogens is 5. The van der Waals surface area contributed by atoms with Crippen molar-refractivity contribution >= 4 is 21.6 Å². The van der Waals surface area contributed by atoms with Gasteiger partial charge < -0.3 is 4.57 Å². The summed E-state index contributed by atoms with van der Waals surface area (Å²) >= 11 is 1.22. The van der Waals surface area contributed by atoms with Gasteiger partial charge in [-0.3, -0.25) is 4.68 Å². The minimum atomic E-state index is -4.53. The van der Waals surface area contributed by atoms with Crippen molar-refractivity contribution in [3.05, 3.63) is 64.9 Å². The predicted octanol–water partition coefficient (Wildman–Crippen LogP) is 5.34. The van der Waals surface area contributed by atoms with Crippen LogP contribution in [0.1, 0.15) is 10.6 Å². The zero-order chi connectivity index (χ0) is 21.9. The number of hydrogen-bond donors (Lipinski definition) is 0. The predicted molar refractivity (Wildman–Crippen MR) is 105 cm³/mol. The quantitative estimate of drug-likeness (QED) is 0.349. The molecule has 5 nitrogen and oxygen atoms in total. The van der Waals surface area contributed by atoms with Gasteiger partial charge in [-0.2, -0.15) is 18.3 Å². The van der Waals surface area contributed by atoms with E-state index < -0.39 is 23.5 Å². The fraction of sp³-hybridized carbons (Fsp3) is 0.150. The maximum absolute atomic E-state index is 14.1. The van der Waals surface area contributed by atoms with E-state index in [1.54, 1.807) is 23.0 Å².